The Labute approximate surface area is 131 Å². The lowest BCUT2D eigenvalue weighted by Gasteiger charge is -2.45. The average Bonchev–Trinajstić information content (AvgIpc) is 2.57. The molecule has 4 rings (SSSR count). The highest BCUT2D eigenvalue weighted by Gasteiger charge is 2.46. The van der Waals surface area contributed by atoms with Gasteiger partial charge in [-0.25, -0.2) is 0 Å². The van der Waals surface area contributed by atoms with Crippen molar-refractivity contribution in [1.82, 2.24) is 5.32 Å². The molecule has 112 valence electrons. The molecule has 1 heterocycles. The van der Waals surface area contributed by atoms with Crippen molar-refractivity contribution in [2.45, 2.75) is 31.3 Å². The van der Waals surface area contributed by atoms with Crippen molar-refractivity contribution < 1.29 is 4.79 Å². The SMILES string of the molecule is O=C1[C@H]2CCC[C@H]1[C@H](c1ccccc1)N[C@@H]2c1ccccc1. The van der Waals surface area contributed by atoms with Crippen LogP contribution in [0, 0.1) is 11.8 Å². The third-order valence-corrected chi connectivity index (χ3v) is 5.24. The molecule has 2 fully saturated rings. The molecule has 1 N–H and O–H groups in total. The van der Waals surface area contributed by atoms with Crippen molar-refractivity contribution in [3.8, 4) is 0 Å². The van der Waals surface area contributed by atoms with Crippen LogP contribution in [0.2, 0.25) is 0 Å². The fraction of sp³-hybridized carbons (Fsp3) is 0.350. The monoisotopic (exact) mass is 291 g/mol. The number of ketones is 1. The number of benzene rings is 2. The minimum atomic E-state index is 0.140. The third-order valence-electron chi connectivity index (χ3n) is 5.24. The van der Waals surface area contributed by atoms with Gasteiger partial charge in [-0.05, 0) is 24.0 Å². The first kappa shape index (κ1) is 13.7. The van der Waals surface area contributed by atoms with Crippen molar-refractivity contribution in [2.24, 2.45) is 11.8 Å². The van der Waals surface area contributed by atoms with E-state index >= 15 is 0 Å². The maximum absolute atomic E-state index is 12.9. The van der Waals surface area contributed by atoms with E-state index in [4.69, 9.17) is 0 Å². The van der Waals surface area contributed by atoms with Crippen molar-refractivity contribution in [3.63, 3.8) is 0 Å². The summed E-state index contributed by atoms with van der Waals surface area (Å²) in [7, 11) is 0. The number of rotatable bonds is 2. The van der Waals surface area contributed by atoms with Crippen molar-refractivity contribution in [1.29, 1.82) is 0 Å². The largest absolute Gasteiger partial charge is 0.302 e. The van der Waals surface area contributed by atoms with E-state index in [0.29, 0.717) is 5.78 Å². The van der Waals surface area contributed by atoms with Crippen LogP contribution < -0.4 is 5.32 Å². The molecular weight excluding hydrogens is 270 g/mol. The Morgan fingerprint density at radius 3 is 1.64 bits per heavy atom. The van der Waals surface area contributed by atoms with E-state index in [2.05, 4.69) is 53.8 Å². The Kier molecular flexibility index (Phi) is 3.55. The van der Waals surface area contributed by atoms with Gasteiger partial charge >= 0.3 is 0 Å². The van der Waals surface area contributed by atoms with Crippen LogP contribution in [0.5, 0.6) is 0 Å². The van der Waals surface area contributed by atoms with Gasteiger partial charge in [0.2, 0.25) is 0 Å². The third kappa shape index (κ3) is 2.28. The first-order valence-corrected chi connectivity index (χ1v) is 8.24. The van der Waals surface area contributed by atoms with E-state index in [1.54, 1.807) is 0 Å². The second-order valence-corrected chi connectivity index (χ2v) is 6.49. The molecule has 1 saturated carbocycles. The number of Topliss-reactive ketones (excluding diaryl/α,β-unsaturated/α-hetero) is 1. The van der Waals surface area contributed by atoms with Gasteiger partial charge < -0.3 is 5.32 Å². The van der Waals surface area contributed by atoms with E-state index in [-0.39, 0.29) is 23.9 Å². The average molecular weight is 291 g/mol. The van der Waals surface area contributed by atoms with Gasteiger partial charge in [-0.3, -0.25) is 4.79 Å². The molecule has 0 spiro atoms. The molecular formula is C20H21NO. The lowest BCUT2D eigenvalue weighted by Crippen LogP contribution is -2.50. The standard InChI is InChI=1S/C20H21NO/c22-20-16-12-7-13-17(20)19(15-10-5-2-6-11-15)21-18(16)14-8-3-1-4-9-14/h1-6,8-11,16-19,21H,7,12-13H2/t16-,17-,18-,19+/m0/s1. The number of hydrogen-bond acceptors (Lipinski definition) is 2. The quantitative estimate of drug-likeness (QED) is 0.904. The molecule has 2 bridgehead atoms. The highest BCUT2D eigenvalue weighted by Crippen LogP contribution is 2.45. The second kappa shape index (κ2) is 5.69. The summed E-state index contributed by atoms with van der Waals surface area (Å²) >= 11 is 0. The second-order valence-electron chi connectivity index (χ2n) is 6.49. The Morgan fingerprint density at radius 1 is 0.727 bits per heavy atom. The van der Waals surface area contributed by atoms with Gasteiger partial charge in [0.15, 0.2) is 0 Å². The fourth-order valence-corrected chi connectivity index (χ4v) is 4.18. The molecule has 2 aliphatic rings. The van der Waals surface area contributed by atoms with Crippen LogP contribution in [0.4, 0.5) is 0 Å². The fourth-order valence-electron chi connectivity index (χ4n) is 4.18. The van der Waals surface area contributed by atoms with E-state index in [1.807, 2.05) is 12.1 Å². The number of fused-ring (bicyclic) bond motifs is 2. The van der Waals surface area contributed by atoms with Crippen LogP contribution in [0.1, 0.15) is 42.5 Å². The van der Waals surface area contributed by atoms with Gasteiger partial charge in [0.25, 0.3) is 0 Å². The molecule has 4 atom stereocenters. The van der Waals surface area contributed by atoms with Crippen LogP contribution in [-0.4, -0.2) is 5.78 Å². The zero-order valence-corrected chi connectivity index (χ0v) is 12.6. The van der Waals surface area contributed by atoms with Crippen LogP contribution in [0.15, 0.2) is 60.7 Å². The lowest BCUT2D eigenvalue weighted by atomic mass is 9.67. The van der Waals surface area contributed by atoms with Crippen molar-refractivity contribution >= 4 is 5.78 Å². The number of carbonyl (C=O) groups is 1. The minimum absolute atomic E-state index is 0.140. The maximum Gasteiger partial charge on any atom is 0.142 e. The summed E-state index contributed by atoms with van der Waals surface area (Å²) in [6, 6.07) is 21.2. The van der Waals surface area contributed by atoms with Gasteiger partial charge in [-0.1, -0.05) is 67.1 Å². The first-order chi connectivity index (χ1) is 10.8. The van der Waals surface area contributed by atoms with Crippen LogP contribution >= 0.6 is 0 Å². The van der Waals surface area contributed by atoms with Crippen LogP contribution in [0.3, 0.4) is 0 Å². The molecule has 1 aliphatic heterocycles. The number of carbonyl (C=O) groups excluding carboxylic acids is 1. The van der Waals surface area contributed by atoms with Crippen LogP contribution in [0.25, 0.3) is 0 Å². The molecule has 0 aromatic heterocycles. The Hall–Kier alpha value is -1.93. The topological polar surface area (TPSA) is 29.1 Å². The van der Waals surface area contributed by atoms with Gasteiger partial charge in [0, 0.05) is 23.9 Å². The summed E-state index contributed by atoms with van der Waals surface area (Å²) in [6.07, 6.45) is 3.20. The van der Waals surface area contributed by atoms with E-state index in [1.165, 1.54) is 11.1 Å². The number of piperidine rings is 1. The van der Waals surface area contributed by atoms with Gasteiger partial charge in [-0.2, -0.15) is 0 Å². The van der Waals surface area contributed by atoms with Gasteiger partial charge in [0.1, 0.15) is 5.78 Å². The van der Waals surface area contributed by atoms with Crippen molar-refractivity contribution in [3.05, 3.63) is 71.8 Å². The lowest BCUT2D eigenvalue weighted by molar-refractivity contribution is -0.135. The minimum Gasteiger partial charge on any atom is -0.302 e. The highest BCUT2D eigenvalue weighted by molar-refractivity contribution is 5.86. The number of hydrogen-bond donors (Lipinski definition) is 1. The molecule has 0 radical (unpaired) electrons. The molecule has 2 aromatic rings. The normalized spacial score (nSPS) is 31.0. The van der Waals surface area contributed by atoms with Crippen molar-refractivity contribution in [2.75, 3.05) is 0 Å². The van der Waals surface area contributed by atoms with Gasteiger partial charge in [-0.15, -0.1) is 0 Å². The molecule has 2 nitrogen and oxygen atoms in total. The maximum atomic E-state index is 12.9. The Morgan fingerprint density at radius 2 is 1.18 bits per heavy atom. The van der Waals surface area contributed by atoms with Crippen LogP contribution in [-0.2, 0) is 4.79 Å². The summed E-state index contributed by atoms with van der Waals surface area (Å²) in [6.45, 7) is 0. The summed E-state index contributed by atoms with van der Waals surface area (Å²) < 4.78 is 0. The summed E-state index contributed by atoms with van der Waals surface area (Å²) in [5.41, 5.74) is 2.48. The molecule has 22 heavy (non-hydrogen) atoms. The smallest absolute Gasteiger partial charge is 0.142 e. The predicted octanol–water partition coefficient (Wildman–Crippen LogP) is 4.06. The predicted molar refractivity (Wildman–Crippen MR) is 87.3 cm³/mol. The molecule has 2 heteroatoms. The van der Waals surface area contributed by atoms with E-state index < -0.39 is 0 Å². The zero-order chi connectivity index (χ0) is 14.9. The Bertz CT molecular complexity index is 596. The van der Waals surface area contributed by atoms with Gasteiger partial charge in [0.05, 0.1) is 0 Å². The molecule has 1 aliphatic carbocycles. The first-order valence-electron chi connectivity index (χ1n) is 8.24. The summed E-state index contributed by atoms with van der Waals surface area (Å²) in [5.74, 6) is 0.745. The van der Waals surface area contributed by atoms with E-state index in [0.717, 1.165) is 19.3 Å². The molecule has 0 unspecified atom stereocenters. The summed E-state index contributed by atoms with van der Waals surface area (Å²) in [5, 5.41) is 3.80. The number of nitrogens with one attached hydrogen (secondary N) is 1. The zero-order valence-electron chi connectivity index (χ0n) is 12.6. The summed E-state index contributed by atoms with van der Waals surface area (Å²) in [4.78, 5) is 12.9. The highest BCUT2D eigenvalue weighted by atomic mass is 16.1. The van der Waals surface area contributed by atoms with E-state index in [9.17, 15) is 4.79 Å². The molecule has 0 amide bonds. The molecule has 2 aromatic carbocycles. The Balaban J connectivity index is 1.73. The molecule has 1 saturated heterocycles.